The Labute approximate surface area is 143 Å². The fraction of sp³-hybridized carbons (Fsp3) is 0.0556. The maximum absolute atomic E-state index is 12.6. The molecule has 0 radical (unpaired) electrons. The number of hydrogen-bond acceptors (Lipinski definition) is 4. The molecule has 0 saturated carbocycles. The molecular weight excluding hydrogens is 320 g/mol. The molecule has 7 nitrogen and oxygen atoms in total. The molecule has 3 aromatic rings. The number of anilines is 1. The zero-order valence-electron chi connectivity index (χ0n) is 13.2. The quantitative estimate of drug-likeness (QED) is 0.602. The molecule has 3 rings (SSSR count). The van der Waals surface area contributed by atoms with Crippen LogP contribution in [-0.2, 0) is 9.59 Å². The van der Waals surface area contributed by atoms with Gasteiger partial charge in [-0.05, 0) is 23.8 Å². The van der Waals surface area contributed by atoms with Crippen molar-refractivity contribution in [2.75, 3.05) is 5.32 Å². The molecule has 126 valence electrons. The Morgan fingerprint density at radius 2 is 1.96 bits per heavy atom. The molecule has 0 aliphatic carbocycles. The van der Waals surface area contributed by atoms with E-state index in [4.69, 9.17) is 4.42 Å². The smallest absolute Gasteiger partial charge is 0.252 e. The predicted molar refractivity (Wildman–Crippen MR) is 92.3 cm³/mol. The molecule has 0 saturated heterocycles. The lowest BCUT2D eigenvalue weighted by atomic mass is 10.1. The van der Waals surface area contributed by atoms with Gasteiger partial charge in [-0.15, -0.1) is 0 Å². The van der Waals surface area contributed by atoms with Crippen molar-refractivity contribution in [3.63, 3.8) is 0 Å². The zero-order valence-corrected chi connectivity index (χ0v) is 13.2. The summed E-state index contributed by atoms with van der Waals surface area (Å²) in [4.78, 5) is 24.8. The molecule has 0 spiro atoms. The molecule has 0 bridgehead atoms. The summed E-state index contributed by atoms with van der Waals surface area (Å²) >= 11 is 0. The minimum absolute atomic E-state index is 0.379. The van der Waals surface area contributed by atoms with E-state index >= 15 is 0 Å². The monoisotopic (exact) mass is 336 g/mol. The van der Waals surface area contributed by atoms with E-state index in [1.54, 1.807) is 42.5 Å². The second-order valence-corrected chi connectivity index (χ2v) is 5.16. The van der Waals surface area contributed by atoms with Crippen LogP contribution >= 0.6 is 0 Å². The summed E-state index contributed by atoms with van der Waals surface area (Å²) in [6, 6.07) is 13.2. The highest BCUT2D eigenvalue weighted by molar-refractivity contribution is 6.00. The lowest BCUT2D eigenvalue weighted by Gasteiger charge is -2.17. The number of furan rings is 1. The van der Waals surface area contributed by atoms with Crippen LogP contribution in [0.3, 0.4) is 0 Å². The normalized spacial score (nSPS) is 12.0. The molecule has 2 heterocycles. The number of carbonyl (C=O) groups excluding carboxylic acids is 2. The van der Waals surface area contributed by atoms with Gasteiger partial charge in [0, 0.05) is 12.1 Å². The van der Waals surface area contributed by atoms with Gasteiger partial charge in [0.1, 0.15) is 17.6 Å². The second kappa shape index (κ2) is 7.78. The Balaban J connectivity index is 1.74. The number of amides is 2. The lowest BCUT2D eigenvalue weighted by molar-refractivity contribution is -0.124. The number of rotatable bonds is 6. The standard InChI is InChI=1S/C18H16N4O3/c23-16(9-8-14-7-4-12-25-14)21-17(13-5-2-1-3-6-13)18(24)20-15-10-11-19-22-15/h1-12,17H,(H,21,23)(H2,19,20,22,24)/b9-8-/t17-/m1/s1. The number of H-pyrrole nitrogens is 1. The van der Waals surface area contributed by atoms with E-state index in [1.807, 2.05) is 6.07 Å². The van der Waals surface area contributed by atoms with Gasteiger partial charge in [0.25, 0.3) is 5.91 Å². The van der Waals surface area contributed by atoms with Gasteiger partial charge in [-0.25, -0.2) is 0 Å². The minimum Gasteiger partial charge on any atom is -0.465 e. The summed E-state index contributed by atoms with van der Waals surface area (Å²) in [5, 5.41) is 11.8. The van der Waals surface area contributed by atoms with Crippen LogP contribution < -0.4 is 10.6 Å². The maximum Gasteiger partial charge on any atom is 0.252 e. The third kappa shape index (κ3) is 4.44. The molecule has 7 heteroatoms. The summed E-state index contributed by atoms with van der Waals surface area (Å²) in [5.41, 5.74) is 0.666. The third-order valence-electron chi connectivity index (χ3n) is 3.38. The van der Waals surface area contributed by atoms with Crippen LogP contribution in [0.4, 0.5) is 5.82 Å². The lowest BCUT2D eigenvalue weighted by Crippen LogP contribution is -2.36. The van der Waals surface area contributed by atoms with Gasteiger partial charge in [0.15, 0.2) is 0 Å². The maximum atomic E-state index is 12.6. The molecule has 3 N–H and O–H groups in total. The molecule has 0 aliphatic rings. The second-order valence-electron chi connectivity index (χ2n) is 5.16. The highest BCUT2D eigenvalue weighted by Crippen LogP contribution is 2.15. The van der Waals surface area contributed by atoms with Gasteiger partial charge in [0.2, 0.25) is 5.91 Å². The van der Waals surface area contributed by atoms with E-state index in [2.05, 4.69) is 20.8 Å². The first-order chi connectivity index (χ1) is 12.2. The fourth-order valence-corrected chi connectivity index (χ4v) is 2.21. The van der Waals surface area contributed by atoms with Crippen molar-refractivity contribution in [3.8, 4) is 0 Å². The van der Waals surface area contributed by atoms with Crippen molar-refractivity contribution in [2.45, 2.75) is 6.04 Å². The van der Waals surface area contributed by atoms with Gasteiger partial charge in [0.05, 0.1) is 12.5 Å². The first-order valence-electron chi connectivity index (χ1n) is 7.59. The molecule has 2 amide bonds. The van der Waals surface area contributed by atoms with Gasteiger partial charge < -0.3 is 15.1 Å². The minimum atomic E-state index is -0.849. The Bertz CT molecular complexity index is 840. The van der Waals surface area contributed by atoms with Crippen LogP contribution in [0.2, 0.25) is 0 Å². The topological polar surface area (TPSA) is 100 Å². The Morgan fingerprint density at radius 1 is 1.12 bits per heavy atom. The van der Waals surface area contributed by atoms with Crippen LogP contribution in [0.1, 0.15) is 17.4 Å². The van der Waals surface area contributed by atoms with E-state index in [1.165, 1.54) is 24.6 Å². The van der Waals surface area contributed by atoms with Crippen molar-refractivity contribution >= 4 is 23.7 Å². The molecule has 1 aromatic carbocycles. The number of aromatic amines is 1. The van der Waals surface area contributed by atoms with E-state index in [9.17, 15) is 9.59 Å². The molecule has 2 aromatic heterocycles. The largest absolute Gasteiger partial charge is 0.465 e. The number of nitrogens with zero attached hydrogens (tertiary/aromatic N) is 1. The number of benzene rings is 1. The van der Waals surface area contributed by atoms with E-state index < -0.39 is 11.9 Å². The molecule has 25 heavy (non-hydrogen) atoms. The first-order valence-corrected chi connectivity index (χ1v) is 7.59. The molecular formula is C18H16N4O3. The third-order valence-corrected chi connectivity index (χ3v) is 3.38. The summed E-state index contributed by atoms with van der Waals surface area (Å²) < 4.78 is 5.13. The number of nitrogens with one attached hydrogen (secondary N) is 3. The summed E-state index contributed by atoms with van der Waals surface area (Å²) in [6.07, 6.45) is 5.89. The van der Waals surface area contributed by atoms with Crippen LogP contribution in [-0.4, -0.2) is 22.0 Å². The summed E-state index contributed by atoms with van der Waals surface area (Å²) in [6.45, 7) is 0. The Kier molecular flexibility index (Phi) is 5.06. The summed E-state index contributed by atoms with van der Waals surface area (Å²) in [5.74, 6) is 0.208. The summed E-state index contributed by atoms with van der Waals surface area (Å²) in [7, 11) is 0. The fourth-order valence-electron chi connectivity index (χ4n) is 2.21. The van der Waals surface area contributed by atoms with Crippen molar-refractivity contribution in [3.05, 3.63) is 78.4 Å². The highest BCUT2D eigenvalue weighted by atomic mass is 16.3. The van der Waals surface area contributed by atoms with Gasteiger partial charge in [-0.3, -0.25) is 14.7 Å². The van der Waals surface area contributed by atoms with Crippen LogP contribution in [0.15, 0.2) is 71.5 Å². The molecule has 0 aliphatic heterocycles. The van der Waals surface area contributed by atoms with Crippen molar-refractivity contribution in [1.82, 2.24) is 15.5 Å². The van der Waals surface area contributed by atoms with Crippen LogP contribution in [0.25, 0.3) is 6.08 Å². The van der Waals surface area contributed by atoms with Crippen LogP contribution in [0.5, 0.6) is 0 Å². The van der Waals surface area contributed by atoms with Gasteiger partial charge in [-0.1, -0.05) is 30.3 Å². The van der Waals surface area contributed by atoms with Gasteiger partial charge in [-0.2, -0.15) is 5.10 Å². The van der Waals surface area contributed by atoms with Crippen molar-refractivity contribution in [1.29, 1.82) is 0 Å². The molecule has 1 atom stereocenters. The zero-order chi connectivity index (χ0) is 17.5. The molecule has 0 fully saturated rings. The Morgan fingerprint density at radius 3 is 2.64 bits per heavy atom. The highest BCUT2D eigenvalue weighted by Gasteiger charge is 2.22. The van der Waals surface area contributed by atoms with Crippen LogP contribution in [0, 0.1) is 0 Å². The SMILES string of the molecule is O=C(/C=C\c1ccco1)N[C@@H](C(=O)Nc1ccn[nH]1)c1ccccc1. The predicted octanol–water partition coefficient (Wildman–Crippen LogP) is 2.51. The average Bonchev–Trinajstić information content (AvgIpc) is 3.32. The van der Waals surface area contributed by atoms with E-state index in [-0.39, 0.29) is 5.91 Å². The van der Waals surface area contributed by atoms with E-state index in [0.29, 0.717) is 17.1 Å². The van der Waals surface area contributed by atoms with Gasteiger partial charge >= 0.3 is 0 Å². The Hall–Kier alpha value is -3.61. The van der Waals surface area contributed by atoms with Crippen molar-refractivity contribution < 1.29 is 14.0 Å². The van der Waals surface area contributed by atoms with E-state index in [0.717, 1.165) is 0 Å². The number of hydrogen-bond donors (Lipinski definition) is 3. The first kappa shape index (κ1) is 16.3. The average molecular weight is 336 g/mol. The number of carbonyl (C=O) groups is 2. The number of aromatic nitrogens is 2. The molecule has 0 unspecified atom stereocenters. The van der Waals surface area contributed by atoms with Crippen molar-refractivity contribution in [2.24, 2.45) is 0 Å².